The van der Waals surface area contributed by atoms with Crippen LogP contribution in [0.25, 0.3) is 56.0 Å². The van der Waals surface area contributed by atoms with Gasteiger partial charge in [0, 0.05) is 34.9 Å². The Kier molecular flexibility index (Phi) is 15.4. The number of aromatic nitrogens is 3. The normalized spacial score (nSPS) is 16.2. The van der Waals surface area contributed by atoms with Crippen LogP contribution in [-0.4, -0.2) is 15.0 Å². The van der Waals surface area contributed by atoms with E-state index in [1.165, 1.54) is 27.8 Å². The summed E-state index contributed by atoms with van der Waals surface area (Å²) in [5, 5.41) is 0. The third-order valence-electron chi connectivity index (χ3n) is 17.4. The number of benzene rings is 6. The first-order chi connectivity index (χ1) is 39.9. The molecule has 3 heterocycles. The summed E-state index contributed by atoms with van der Waals surface area (Å²) in [5.74, 6) is 0. The number of rotatable bonds is 14. The summed E-state index contributed by atoms with van der Waals surface area (Å²) in [7, 11) is 0. The Morgan fingerprint density at radius 2 is 0.926 bits per heavy atom. The van der Waals surface area contributed by atoms with Crippen LogP contribution in [0.1, 0.15) is 169 Å². The van der Waals surface area contributed by atoms with Gasteiger partial charge < -0.3 is 15.0 Å². The minimum absolute atomic E-state index is 0. The third kappa shape index (κ3) is 13.0. The molecule has 9 aromatic rings. The van der Waals surface area contributed by atoms with Crippen molar-refractivity contribution in [1.82, 2.24) is 15.0 Å². The van der Waals surface area contributed by atoms with Gasteiger partial charge in [0.25, 0.3) is 0 Å². The van der Waals surface area contributed by atoms with Crippen molar-refractivity contribution in [3.8, 4) is 56.0 Å². The molecule has 6 aromatic carbocycles. The van der Waals surface area contributed by atoms with E-state index < -0.39 is 12.7 Å². The van der Waals surface area contributed by atoms with Crippen molar-refractivity contribution >= 4 is 0 Å². The van der Waals surface area contributed by atoms with Crippen molar-refractivity contribution in [2.75, 3.05) is 0 Å². The Hall–Kier alpha value is -6.58. The number of pyridine rings is 3. The third-order valence-corrected chi connectivity index (χ3v) is 17.4. The van der Waals surface area contributed by atoms with Crippen LogP contribution in [0.2, 0.25) is 0 Å². The summed E-state index contributed by atoms with van der Waals surface area (Å²) in [6.07, 6.45) is 10.2. The summed E-state index contributed by atoms with van der Waals surface area (Å²) in [6.45, 7) is 20.0. The Morgan fingerprint density at radius 3 is 1.42 bits per heavy atom. The smallest absolute Gasteiger partial charge is 0.304 e. The van der Waals surface area contributed by atoms with E-state index in [9.17, 15) is 5.48 Å². The average molecular weight is 1240 g/mol. The molecule has 81 heavy (non-hydrogen) atoms. The monoisotopic (exact) mass is 1240 g/mol. The van der Waals surface area contributed by atoms with Gasteiger partial charge in [-0.15, -0.1) is 107 Å². The molecule has 0 amide bonds. The van der Waals surface area contributed by atoms with Crippen LogP contribution in [0, 0.1) is 18.2 Å². The fourth-order valence-corrected chi connectivity index (χ4v) is 12.6. The van der Waals surface area contributed by atoms with E-state index in [-0.39, 0.29) is 52.7 Å². The summed E-state index contributed by atoms with van der Waals surface area (Å²) in [6, 6.07) is 64.5. The van der Waals surface area contributed by atoms with E-state index in [0.717, 1.165) is 107 Å². The summed E-state index contributed by atoms with van der Waals surface area (Å²) < 4.78 is 41.3. The standard InChI is InChI=1S/C77H80N3.Ir/c1-73(2,3)64-32-30-57(31-33-64)59-22-17-23-60(45-59)69-48-72(58-20-11-10-12-21-58)78-51-63(69)29-28-54-42-55(49-76(38-13-14-39-76)67-34-36-70(79-52-67)61-24-18-26-65(46-61)74(4,5)6)44-56(43-54)50-77(40-15-16-41-77)68-35-37-71(80-53-68)62-25-19-27-66(47-62)75(7,8)9;/h10-12,17-20,22-23,26-27,30-37,42-48,51-53H,13-16,28-29,38-41,49-50H2,1-9H3;/q-3;+3/i28D2,29D2;. The molecule has 0 aliphatic heterocycles. The fraction of sp³-hybridized carbons (Fsp3) is 0.338. The van der Waals surface area contributed by atoms with Gasteiger partial charge in [-0.1, -0.05) is 179 Å². The van der Waals surface area contributed by atoms with Crippen LogP contribution >= 0.6 is 0 Å². The molecule has 0 atom stereocenters. The molecule has 0 spiro atoms. The minimum atomic E-state index is -2.56. The van der Waals surface area contributed by atoms with Crippen LogP contribution in [0.15, 0.2) is 176 Å². The molecule has 0 radical (unpaired) electrons. The zero-order valence-corrected chi connectivity index (χ0v) is 51.4. The van der Waals surface area contributed by atoms with E-state index in [0.29, 0.717) is 29.7 Å². The molecule has 2 aliphatic rings. The molecular weight excluding hydrogens is 1160 g/mol. The van der Waals surface area contributed by atoms with E-state index in [4.69, 9.17) is 15.0 Å². The topological polar surface area (TPSA) is 38.7 Å². The quantitative estimate of drug-likeness (QED) is 0.102. The van der Waals surface area contributed by atoms with Crippen LogP contribution < -0.4 is 0 Å². The van der Waals surface area contributed by atoms with Gasteiger partial charge in [-0.3, -0.25) is 0 Å². The molecule has 412 valence electrons. The van der Waals surface area contributed by atoms with Crippen LogP contribution in [-0.2, 0) is 72.8 Å². The van der Waals surface area contributed by atoms with Crippen LogP contribution in [0.3, 0.4) is 0 Å². The number of nitrogens with zero attached hydrogens (tertiary/aromatic N) is 3. The van der Waals surface area contributed by atoms with E-state index >= 15 is 0 Å². The van der Waals surface area contributed by atoms with E-state index in [1.807, 2.05) is 66.7 Å². The molecule has 0 N–H and O–H groups in total. The molecule has 11 rings (SSSR count). The Bertz CT molecular complexity index is 3640. The number of hydrogen-bond acceptors (Lipinski definition) is 3. The molecule has 3 aromatic heterocycles. The summed E-state index contributed by atoms with van der Waals surface area (Å²) in [4.78, 5) is 15.2. The predicted octanol–water partition coefficient (Wildman–Crippen LogP) is 19.4. The first-order valence-corrected chi connectivity index (χ1v) is 29.2. The molecular formula is C77H80IrN3. The molecule has 0 bridgehead atoms. The Morgan fingerprint density at radius 1 is 0.420 bits per heavy atom. The largest absolute Gasteiger partial charge is 3.00 e. The second-order valence-corrected chi connectivity index (χ2v) is 26.3. The van der Waals surface area contributed by atoms with Crippen molar-refractivity contribution in [2.24, 2.45) is 0 Å². The molecule has 4 heteroatoms. The molecule has 2 saturated carbocycles. The van der Waals surface area contributed by atoms with Crippen molar-refractivity contribution in [3.63, 3.8) is 0 Å². The maximum atomic E-state index is 10.4. The molecule has 0 unspecified atom stereocenters. The Labute approximate surface area is 504 Å². The number of aryl methyl sites for hydroxylation is 2. The number of hydrogen-bond donors (Lipinski definition) is 0. The van der Waals surface area contributed by atoms with E-state index in [2.05, 4.69) is 184 Å². The average Bonchev–Trinajstić information content (AvgIpc) is 1.62. The van der Waals surface area contributed by atoms with E-state index in [1.54, 1.807) is 6.20 Å². The fourth-order valence-electron chi connectivity index (χ4n) is 12.6. The summed E-state index contributed by atoms with van der Waals surface area (Å²) >= 11 is 0. The van der Waals surface area contributed by atoms with Gasteiger partial charge in [-0.05, 0) is 152 Å². The van der Waals surface area contributed by atoms with Crippen molar-refractivity contribution in [1.29, 1.82) is 0 Å². The van der Waals surface area contributed by atoms with Crippen LogP contribution in [0.4, 0.5) is 0 Å². The first-order valence-electron chi connectivity index (χ1n) is 31.2. The van der Waals surface area contributed by atoms with Gasteiger partial charge in [0.1, 0.15) is 0 Å². The summed E-state index contributed by atoms with van der Waals surface area (Å²) in [5.41, 5.74) is 16.7. The van der Waals surface area contributed by atoms with Crippen molar-refractivity contribution in [3.05, 3.63) is 245 Å². The molecule has 3 nitrogen and oxygen atoms in total. The first kappa shape index (κ1) is 52.5. The van der Waals surface area contributed by atoms with Gasteiger partial charge >= 0.3 is 20.1 Å². The minimum Gasteiger partial charge on any atom is -0.304 e. The van der Waals surface area contributed by atoms with Crippen LogP contribution in [0.5, 0.6) is 0 Å². The maximum Gasteiger partial charge on any atom is 3.00 e. The zero-order chi connectivity index (χ0) is 59.3. The molecule has 0 saturated heterocycles. The second kappa shape index (κ2) is 23.7. The SMILES string of the molecule is [2H]C([2H])(c1cc(CC2(c3ccc(-c4[c-]ccc(C(C)(C)C)c4)nc3)CCCC2)cc(CC2(c3ccc(-c4[c-]ccc(C(C)(C)C)c4)nc3)CCCC2)c1)C([2H])([2H])c1cnc(-c2[c-]cccc2)cc1-c1cccc(-c2ccc(C(C)(C)C)cc2)c1.[Ir+3]. The molecule has 2 aliphatic carbocycles. The van der Waals surface area contributed by atoms with Crippen molar-refractivity contribution < 1.29 is 25.6 Å². The zero-order valence-electron chi connectivity index (χ0n) is 53.0. The Balaban J connectivity index is 0.00000803. The van der Waals surface area contributed by atoms with Gasteiger partial charge in [0.15, 0.2) is 0 Å². The second-order valence-electron chi connectivity index (χ2n) is 26.3. The van der Waals surface area contributed by atoms with Gasteiger partial charge in [-0.25, -0.2) is 0 Å². The predicted molar refractivity (Wildman–Crippen MR) is 334 cm³/mol. The van der Waals surface area contributed by atoms with Gasteiger partial charge in [0.2, 0.25) is 0 Å². The van der Waals surface area contributed by atoms with Gasteiger partial charge in [0.05, 0.1) is 0 Å². The molecule has 2 fully saturated rings. The maximum absolute atomic E-state index is 10.4. The van der Waals surface area contributed by atoms with Gasteiger partial charge in [-0.2, -0.15) is 0 Å². The van der Waals surface area contributed by atoms with Crippen molar-refractivity contribution in [2.45, 2.75) is 166 Å².